The molecule has 1 saturated carbocycles. The van der Waals surface area contributed by atoms with E-state index in [0.29, 0.717) is 0 Å². The van der Waals surface area contributed by atoms with E-state index in [1.165, 1.54) is 24.0 Å². The van der Waals surface area contributed by atoms with Gasteiger partial charge in [-0.2, -0.15) is 0 Å². The van der Waals surface area contributed by atoms with Crippen LogP contribution in [0.3, 0.4) is 0 Å². The van der Waals surface area contributed by atoms with Crippen LogP contribution in [-0.2, 0) is 5.41 Å². The Morgan fingerprint density at radius 2 is 1.50 bits per heavy atom. The summed E-state index contributed by atoms with van der Waals surface area (Å²) in [4.78, 5) is 0. The monoisotopic (exact) mass is 266 g/mol. The first-order valence-electron chi connectivity index (χ1n) is 7.52. The number of aliphatic hydroxyl groups is 1. The Morgan fingerprint density at radius 3 is 2.10 bits per heavy atom. The zero-order valence-electron chi connectivity index (χ0n) is 12.0. The second-order valence-corrected chi connectivity index (χ2v) is 6.04. The Morgan fingerprint density at radius 1 is 0.900 bits per heavy atom. The van der Waals surface area contributed by atoms with E-state index < -0.39 is 6.10 Å². The van der Waals surface area contributed by atoms with Crippen molar-refractivity contribution in [3.8, 4) is 0 Å². The van der Waals surface area contributed by atoms with Crippen molar-refractivity contribution in [2.24, 2.45) is 0 Å². The predicted octanol–water partition coefficient (Wildman–Crippen LogP) is 4.54. The molecule has 0 bridgehead atoms. The topological polar surface area (TPSA) is 20.2 Å². The van der Waals surface area contributed by atoms with Crippen LogP contribution < -0.4 is 0 Å². The molecule has 0 saturated heterocycles. The molecule has 0 radical (unpaired) electrons. The molecular weight excluding hydrogens is 244 g/mol. The van der Waals surface area contributed by atoms with Crippen molar-refractivity contribution in [2.45, 2.75) is 44.1 Å². The summed E-state index contributed by atoms with van der Waals surface area (Å²) in [5.74, 6) is 0. The maximum atomic E-state index is 11.0. The van der Waals surface area contributed by atoms with E-state index in [9.17, 15) is 5.11 Å². The summed E-state index contributed by atoms with van der Waals surface area (Å²) in [5, 5.41) is 11.0. The average molecular weight is 266 g/mol. The lowest BCUT2D eigenvalue weighted by Crippen LogP contribution is -2.30. The van der Waals surface area contributed by atoms with Crippen LogP contribution in [0, 0.1) is 6.92 Å². The molecule has 1 fully saturated rings. The lowest BCUT2D eigenvalue weighted by atomic mass is 9.72. The molecule has 1 aliphatic rings. The van der Waals surface area contributed by atoms with Crippen molar-refractivity contribution < 1.29 is 5.11 Å². The van der Waals surface area contributed by atoms with Gasteiger partial charge in [0.25, 0.3) is 0 Å². The van der Waals surface area contributed by atoms with Crippen molar-refractivity contribution in [2.75, 3.05) is 0 Å². The second kappa shape index (κ2) is 5.41. The highest BCUT2D eigenvalue weighted by Crippen LogP contribution is 2.49. The molecule has 20 heavy (non-hydrogen) atoms. The Kier molecular flexibility index (Phi) is 3.62. The lowest BCUT2D eigenvalue weighted by Gasteiger charge is -2.35. The predicted molar refractivity (Wildman–Crippen MR) is 82.7 cm³/mol. The number of aryl methyl sites for hydroxylation is 1. The summed E-state index contributed by atoms with van der Waals surface area (Å²) in [7, 11) is 0. The van der Waals surface area contributed by atoms with Gasteiger partial charge in [-0.25, -0.2) is 0 Å². The number of aliphatic hydroxyl groups excluding tert-OH is 1. The van der Waals surface area contributed by atoms with Gasteiger partial charge in [-0.15, -0.1) is 0 Å². The summed E-state index contributed by atoms with van der Waals surface area (Å²) in [6.07, 6.45) is 4.15. The van der Waals surface area contributed by atoms with E-state index in [1.54, 1.807) is 0 Å². The minimum absolute atomic E-state index is 0.101. The standard InChI is InChI=1S/C19H22O/c1-15-9-11-16(12-10-15)18(20)19(13-5-6-14-19)17-7-3-2-4-8-17/h2-4,7-12,18,20H,5-6,13-14H2,1H3. The first kappa shape index (κ1) is 13.4. The maximum absolute atomic E-state index is 11.0. The van der Waals surface area contributed by atoms with E-state index in [4.69, 9.17) is 0 Å². The fraction of sp³-hybridized carbons (Fsp3) is 0.368. The molecule has 1 N–H and O–H groups in total. The molecule has 2 aromatic rings. The number of hydrogen-bond donors (Lipinski definition) is 1. The molecule has 3 rings (SSSR count). The summed E-state index contributed by atoms with van der Waals surface area (Å²) in [6, 6.07) is 18.9. The van der Waals surface area contributed by atoms with E-state index >= 15 is 0 Å². The SMILES string of the molecule is Cc1ccc(C(O)C2(c3ccccc3)CCCC2)cc1. The van der Waals surface area contributed by atoms with E-state index in [1.807, 2.05) is 6.07 Å². The van der Waals surface area contributed by atoms with Crippen molar-refractivity contribution >= 4 is 0 Å². The fourth-order valence-electron chi connectivity index (χ4n) is 3.56. The average Bonchev–Trinajstić information content (AvgIpc) is 2.99. The minimum Gasteiger partial charge on any atom is -0.387 e. The van der Waals surface area contributed by atoms with Crippen molar-refractivity contribution in [1.82, 2.24) is 0 Å². The Bertz CT molecular complexity index is 550. The van der Waals surface area contributed by atoms with Crippen molar-refractivity contribution in [3.63, 3.8) is 0 Å². The summed E-state index contributed by atoms with van der Waals surface area (Å²) < 4.78 is 0. The van der Waals surface area contributed by atoms with Crippen LogP contribution in [0.25, 0.3) is 0 Å². The van der Waals surface area contributed by atoms with Gasteiger partial charge in [0.15, 0.2) is 0 Å². The Labute approximate surface area is 121 Å². The normalized spacial score (nSPS) is 18.9. The van der Waals surface area contributed by atoms with Crippen LogP contribution >= 0.6 is 0 Å². The smallest absolute Gasteiger partial charge is 0.0886 e. The molecule has 1 atom stereocenters. The third-order valence-electron chi connectivity index (χ3n) is 4.76. The van der Waals surface area contributed by atoms with Crippen molar-refractivity contribution in [3.05, 3.63) is 71.3 Å². The van der Waals surface area contributed by atoms with Crippen LogP contribution in [-0.4, -0.2) is 5.11 Å². The van der Waals surface area contributed by atoms with Gasteiger partial charge in [0.1, 0.15) is 0 Å². The minimum atomic E-state index is -0.409. The fourth-order valence-corrected chi connectivity index (χ4v) is 3.56. The molecule has 1 aliphatic carbocycles. The number of hydrogen-bond acceptors (Lipinski definition) is 1. The van der Waals surface area contributed by atoms with Gasteiger partial charge in [-0.1, -0.05) is 73.0 Å². The van der Waals surface area contributed by atoms with Gasteiger partial charge >= 0.3 is 0 Å². The molecule has 0 heterocycles. The first-order valence-corrected chi connectivity index (χ1v) is 7.52. The molecule has 2 aromatic carbocycles. The molecule has 0 spiro atoms. The van der Waals surface area contributed by atoms with Crippen LogP contribution in [0.15, 0.2) is 54.6 Å². The highest BCUT2D eigenvalue weighted by molar-refractivity contribution is 5.34. The van der Waals surface area contributed by atoms with Gasteiger partial charge in [0, 0.05) is 5.41 Å². The van der Waals surface area contributed by atoms with E-state index in [2.05, 4.69) is 55.5 Å². The molecule has 0 aromatic heterocycles. The molecule has 1 nitrogen and oxygen atoms in total. The van der Waals surface area contributed by atoms with E-state index in [-0.39, 0.29) is 5.41 Å². The van der Waals surface area contributed by atoms with Gasteiger partial charge in [0.2, 0.25) is 0 Å². The molecule has 0 aliphatic heterocycles. The quantitative estimate of drug-likeness (QED) is 0.864. The molecule has 1 unspecified atom stereocenters. The van der Waals surface area contributed by atoms with Crippen LogP contribution in [0.5, 0.6) is 0 Å². The highest BCUT2D eigenvalue weighted by Gasteiger charge is 2.42. The molecule has 1 heteroatoms. The zero-order valence-corrected chi connectivity index (χ0v) is 12.0. The highest BCUT2D eigenvalue weighted by atomic mass is 16.3. The number of rotatable bonds is 3. The first-order chi connectivity index (χ1) is 9.72. The maximum Gasteiger partial charge on any atom is 0.0886 e. The van der Waals surface area contributed by atoms with Crippen LogP contribution in [0.2, 0.25) is 0 Å². The largest absolute Gasteiger partial charge is 0.387 e. The third-order valence-corrected chi connectivity index (χ3v) is 4.76. The third kappa shape index (κ3) is 2.27. The lowest BCUT2D eigenvalue weighted by molar-refractivity contribution is 0.0822. The Balaban J connectivity index is 2.00. The zero-order chi connectivity index (χ0) is 14.0. The van der Waals surface area contributed by atoms with Crippen LogP contribution in [0.1, 0.15) is 48.5 Å². The van der Waals surface area contributed by atoms with Crippen molar-refractivity contribution in [1.29, 1.82) is 0 Å². The van der Waals surface area contributed by atoms with E-state index in [0.717, 1.165) is 18.4 Å². The number of benzene rings is 2. The summed E-state index contributed by atoms with van der Waals surface area (Å²) >= 11 is 0. The van der Waals surface area contributed by atoms with Gasteiger partial charge in [0.05, 0.1) is 6.10 Å². The van der Waals surface area contributed by atoms with Gasteiger partial charge in [-0.05, 0) is 30.9 Å². The second-order valence-electron chi connectivity index (χ2n) is 6.04. The Hall–Kier alpha value is -1.60. The molecule has 0 amide bonds. The summed E-state index contributed by atoms with van der Waals surface area (Å²) in [5.41, 5.74) is 3.46. The molecule has 104 valence electrons. The van der Waals surface area contributed by atoms with Gasteiger partial charge in [-0.3, -0.25) is 0 Å². The summed E-state index contributed by atoms with van der Waals surface area (Å²) in [6.45, 7) is 2.08. The van der Waals surface area contributed by atoms with Crippen LogP contribution in [0.4, 0.5) is 0 Å². The van der Waals surface area contributed by atoms with Gasteiger partial charge < -0.3 is 5.11 Å². The molecular formula is C19H22O.